The van der Waals surface area contributed by atoms with Gasteiger partial charge < -0.3 is 10.8 Å². The van der Waals surface area contributed by atoms with Gasteiger partial charge in [-0.1, -0.05) is 12.8 Å². The van der Waals surface area contributed by atoms with Crippen molar-refractivity contribution < 1.29 is 14.7 Å². The fraction of sp³-hybridized carbons (Fsp3) is 0.500. The van der Waals surface area contributed by atoms with Crippen LogP contribution in [0.15, 0.2) is 21.5 Å². The lowest BCUT2D eigenvalue weighted by molar-refractivity contribution is -0.133. The number of primary amides is 1. The zero-order chi connectivity index (χ0) is 16.1. The van der Waals surface area contributed by atoms with E-state index in [1.165, 1.54) is 11.8 Å². The Kier molecular flexibility index (Phi) is 3.28. The smallest absolute Gasteiger partial charge is 0.356 e. The van der Waals surface area contributed by atoms with E-state index in [1.54, 1.807) is 0 Å². The summed E-state index contributed by atoms with van der Waals surface area (Å²) < 4.78 is 0. The van der Waals surface area contributed by atoms with Gasteiger partial charge in [-0.15, -0.1) is 11.1 Å². The van der Waals surface area contributed by atoms with Crippen molar-refractivity contribution in [2.45, 2.75) is 37.8 Å². The maximum Gasteiger partial charge on any atom is 0.356 e. The summed E-state index contributed by atoms with van der Waals surface area (Å²) in [6.45, 7) is 0. The molecule has 1 saturated carbocycles. The fourth-order valence-electron chi connectivity index (χ4n) is 3.45. The molecule has 0 radical (unpaired) electrons. The number of rotatable bonds is 2. The van der Waals surface area contributed by atoms with Crippen LogP contribution in [0.1, 0.15) is 25.7 Å². The molecule has 4 aliphatic rings. The van der Waals surface area contributed by atoms with Gasteiger partial charge in [0.2, 0.25) is 0 Å². The van der Waals surface area contributed by atoms with Crippen LogP contribution in [-0.2, 0) is 9.59 Å². The Morgan fingerprint density at radius 1 is 1.04 bits per heavy atom. The quantitative estimate of drug-likeness (QED) is 0.357. The molecule has 0 spiro atoms. The van der Waals surface area contributed by atoms with Gasteiger partial charge in [0, 0.05) is 0 Å². The summed E-state index contributed by atoms with van der Waals surface area (Å²) in [5, 5.41) is 14.3. The van der Waals surface area contributed by atoms with Gasteiger partial charge in [0.1, 0.15) is 15.8 Å². The summed E-state index contributed by atoms with van der Waals surface area (Å²) in [6, 6.07) is 0.171. The minimum Gasteiger partial charge on any atom is -0.476 e. The maximum absolute atomic E-state index is 11.7. The first-order chi connectivity index (χ1) is 11.1. The number of carbonyl (C=O) groups excluding carboxylic acids is 1. The van der Waals surface area contributed by atoms with Crippen molar-refractivity contribution in [2.24, 2.45) is 5.73 Å². The standard InChI is InChI=1S/C12H17N7O3S/c13-9(20)7-10-18(16-14-7)5-3-1-2-4-6(5)19-11(23-10)8(12(21)22)15-17-19/h5-6,14-17H,1-4H2,(H2,13,20)(H,21,22). The Morgan fingerprint density at radius 3 is 2.09 bits per heavy atom. The van der Waals surface area contributed by atoms with Crippen molar-refractivity contribution in [1.82, 2.24) is 31.9 Å². The number of carboxylic acids is 1. The second-order valence-electron chi connectivity index (χ2n) is 5.76. The summed E-state index contributed by atoms with van der Waals surface area (Å²) in [5.74, 6) is -1.64. The second-order valence-corrected chi connectivity index (χ2v) is 6.74. The number of carboxylic acid groups (broad SMARTS) is 1. The van der Waals surface area contributed by atoms with Crippen LogP contribution in [0.25, 0.3) is 0 Å². The molecule has 124 valence electrons. The van der Waals surface area contributed by atoms with Crippen molar-refractivity contribution in [2.75, 3.05) is 0 Å². The number of carbonyl (C=O) groups is 2. The number of hydrogen-bond acceptors (Lipinski definition) is 9. The first-order valence-electron chi connectivity index (χ1n) is 7.39. The molecule has 7 N–H and O–H groups in total. The van der Waals surface area contributed by atoms with E-state index in [2.05, 4.69) is 21.9 Å². The first kappa shape index (κ1) is 14.5. The number of thioether (sulfide) groups is 1. The third-order valence-corrected chi connectivity index (χ3v) is 5.67. The fourth-order valence-corrected chi connectivity index (χ4v) is 4.68. The predicted molar refractivity (Wildman–Crippen MR) is 80.7 cm³/mol. The molecular weight excluding hydrogens is 322 g/mol. The molecule has 11 heteroatoms. The molecule has 2 unspecified atom stereocenters. The van der Waals surface area contributed by atoms with Crippen molar-refractivity contribution in [3.63, 3.8) is 0 Å². The highest BCUT2D eigenvalue weighted by Gasteiger charge is 2.47. The number of fused-ring (bicyclic) bond motifs is 5. The zero-order valence-corrected chi connectivity index (χ0v) is 12.9. The monoisotopic (exact) mass is 339 g/mol. The molecule has 2 fully saturated rings. The van der Waals surface area contributed by atoms with Crippen LogP contribution in [0.5, 0.6) is 0 Å². The van der Waals surface area contributed by atoms with Gasteiger partial charge in [0.15, 0.2) is 5.70 Å². The van der Waals surface area contributed by atoms with Gasteiger partial charge in [0.05, 0.1) is 12.1 Å². The van der Waals surface area contributed by atoms with Gasteiger partial charge >= 0.3 is 5.97 Å². The summed E-state index contributed by atoms with van der Waals surface area (Å²) in [4.78, 5) is 23.2. The Bertz CT molecular complexity index is 595. The molecule has 1 saturated heterocycles. The Morgan fingerprint density at radius 2 is 1.57 bits per heavy atom. The molecule has 1 aliphatic carbocycles. The third kappa shape index (κ3) is 2.11. The molecule has 1 amide bonds. The molecular formula is C12H17N7O3S. The van der Waals surface area contributed by atoms with E-state index < -0.39 is 11.9 Å². The summed E-state index contributed by atoms with van der Waals surface area (Å²) in [7, 11) is 0. The molecule has 10 nitrogen and oxygen atoms in total. The summed E-state index contributed by atoms with van der Waals surface area (Å²) in [6.07, 6.45) is 4.01. The largest absolute Gasteiger partial charge is 0.476 e. The number of nitrogens with zero attached hydrogens (tertiary/aromatic N) is 2. The normalized spacial score (nSPS) is 29.4. The van der Waals surface area contributed by atoms with Crippen LogP contribution in [-0.4, -0.2) is 39.1 Å². The van der Waals surface area contributed by atoms with E-state index in [-0.39, 0.29) is 23.5 Å². The minimum absolute atomic E-state index is 0.0735. The van der Waals surface area contributed by atoms with Crippen LogP contribution in [0.2, 0.25) is 0 Å². The Hall–Kier alpha value is -2.11. The second kappa shape index (κ2) is 5.22. The number of nitrogens with two attached hydrogens (primary N) is 1. The van der Waals surface area contributed by atoms with Crippen molar-refractivity contribution in [3.05, 3.63) is 21.5 Å². The van der Waals surface area contributed by atoms with E-state index in [1.807, 2.05) is 10.0 Å². The highest BCUT2D eigenvalue weighted by Crippen LogP contribution is 2.45. The maximum atomic E-state index is 11.7. The average molecular weight is 339 g/mol. The number of hydrazine groups is 4. The van der Waals surface area contributed by atoms with Crippen LogP contribution >= 0.6 is 11.8 Å². The van der Waals surface area contributed by atoms with Gasteiger partial charge in [0.25, 0.3) is 5.91 Å². The van der Waals surface area contributed by atoms with Gasteiger partial charge in [-0.3, -0.25) is 25.7 Å². The Balaban J connectivity index is 1.84. The van der Waals surface area contributed by atoms with Crippen LogP contribution in [0.4, 0.5) is 0 Å². The molecule has 4 rings (SSSR count). The SMILES string of the molecule is NC(=O)C1=C2SC3=C(C(=O)O)NNN3C3CCCCC3N2NN1. The van der Waals surface area contributed by atoms with E-state index in [0.717, 1.165) is 25.7 Å². The van der Waals surface area contributed by atoms with Crippen LogP contribution in [0, 0.1) is 0 Å². The number of nitrogens with one attached hydrogen (secondary N) is 4. The number of aliphatic carboxylic acids is 1. The number of amides is 1. The van der Waals surface area contributed by atoms with Gasteiger partial charge in [-0.05, 0) is 24.6 Å². The molecule has 0 aromatic rings. The van der Waals surface area contributed by atoms with Crippen LogP contribution < -0.4 is 27.7 Å². The molecule has 3 heterocycles. The molecule has 0 aromatic carbocycles. The molecule has 23 heavy (non-hydrogen) atoms. The minimum atomic E-state index is -1.05. The lowest BCUT2D eigenvalue weighted by Crippen LogP contribution is -2.57. The summed E-state index contributed by atoms with van der Waals surface area (Å²) >= 11 is 1.21. The van der Waals surface area contributed by atoms with E-state index in [4.69, 9.17) is 5.73 Å². The van der Waals surface area contributed by atoms with Crippen molar-refractivity contribution in [1.29, 1.82) is 0 Å². The van der Waals surface area contributed by atoms with Crippen LogP contribution in [0.3, 0.4) is 0 Å². The molecule has 3 aliphatic heterocycles. The van der Waals surface area contributed by atoms with Crippen molar-refractivity contribution >= 4 is 23.6 Å². The highest BCUT2D eigenvalue weighted by molar-refractivity contribution is 8.06. The molecule has 0 bridgehead atoms. The van der Waals surface area contributed by atoms with E-state index in [0.29, 0.717) is 10.1 Å². The molecule has 0 aromatic heterocycles. The first-order valence-corrected chi connectivity index (χ1v) is 8.21. The number of hydrogen-bond donors (Lipinski definition) is 6. The summed E-state index contributed by atoms with van der Waals surface area (Å²) in [5.41, 5.74) is 17.3. The highest BCUT2D eigenvalue weighted by atomic mass is 32.2. The van der Waals surface area contributed by atoms with Gasteiger partial charge in [-0.25, -0.2) is 4.79 Å². The Labute approximate surface area is 136 Å². The van der Waals surface area contributed by atoms with Crippen molar-refractivity contribution in [3.8, 4) is 0 Å². The predicted octanol–water partition coefficient (Wildman–Crippen LogP) is -1.40. The molecule has 2 atom stereocenters. The zero-order valence-electron chi connectivity index (χ0n) is 12.1. The lowest BCUT2D eigenvalue weighted by Gasteiger charge is -2.40. The van der Waals surface area contributed by atoms with E-state index >= 15 is 0 Å². The van der Waals surface area contributed by atoms with E-state index in [9.17, 15) is 14.7 Å². The topological polar surface area (TPSA) is 135 Å². The van der Waals surface area contributed by atoms with Gasteiger partial charge in [-0.2, -0.15) is 0 Å². The third-order valence-electron chi connectivity index (χ3n) is 4.48. The lowest BCUT2D eigenvalue weighted by atomic mass is 9.89. The average Bonchev–Trinajstić information content (AvgIpc) is 3.09.